The van der Waals surface area contributed by atoms with Crippen molar-refractivity contribution >= 4 is 17.5 Å². The SMILES string of the molecule is CC(Cn1cccn1)NC(=O)c1cccc(N2CCCC2=O)c1. The first-order chi connectivity index (χ1) is 11.1. The molecule has 1 atom stereocenters. The summed E-state index contributed by atoms with van der Waals surface area (Å²) in [5.41, 5.74) is 1.36. The zero-order chi connectivity index (χ0) is 16.2. The monoisotopic (exact) mass is 312 g/mol. The summed E-state index contributed by atoms with van der Waals surface area (Å²) in [7, 11) is 0. The van der Waals surface area contributed by atoms with Gasteiger partial charge in [-0.05, 0) is 37.6 Å². The molecule has 2 amide bonds. The van der Waals surface area contributed by atoms with Crippen molar-refractivity contribution in [2.45, 2.75) is 32.4 Å². The molecule has 0 spiro atoms. The van der Waals surface area contributed by atoms with E-state index in [1.165, 1.54) is 0 Å². The molecule has 1 aliphatic rings. The predicted molar refractivity (Wildman–Crippen MR) is 87.2 cm³/mol. The van der Waals surface area contributed by atoms with Crippen molar-refractivity contribution in [2.75, 3.05) is 11.4 Å². The molecule has 1 aromatic carbocycles. The molecule has 1 aliphatic heterocycles. The molecule has 0 bridgehead atoms. The lowest BCUT2D eigenvalue weighted by Gasteiger charge is -2.18. The summed E-state index contributed by atoms with van der Waals surface area (Å²) in [5, 5.41) is 7.09. The second-order valence-corrected chi connectivity index (χ2v) is 5.80. The fourth-order valence-electron chi connectivity index (χ4n) is 2.78. The van der Waals surface area contributed by atoms with Crippen LogP contribution in [0.5, 0.6) is 0 Å². The van der Waals surface area contributed by atoms with Gasteiger partial charge in [0.2, 0.25) is 5.91 Å². The van der Waals surface area contributed by atoms with Crippen molar-refractivity contribution < 1.29 is 9.59 Å². The van der Waals surface area contributed by atoms with Crippen LogP contribution in [-0.4, -0.2) is 34.2 Å². The van der Waals surface area contributed by atoms with Crippen LogP contribution in [0.3, 0.4) is 0 Å². The first kappa shape index (κ1) is 15.3. The molecule has 1 unspecified atom stereocenters. The number of anilines is 1. The van der Waals surface area contributed by atoms with E-state index in [1.54, 1.807) is 27.9 Å². The molecule has 0 aliphatic carbocycles. The summed E-state index contributed by atoms with van der Waals surface area (Å²) in [6.45, 7) is 3.27. The summed E-state index contributed by atoms with van der Waals surface area (Å²) in [6.07, 6.45) is 5.03. The van der Waals surface area contributed by atoms with Crippen LogP contribution in [0, 0.1) is 0 Å². The molecule has 2 aromatic rings. The molecule has 120 valence electrons. The lowest BCUT2D eigenvalue weighted by Crippen LogP contribution is -2.36. The molecule has 23 heavy (non-hydrogen) atoms. The Bertz CT molecular complexity index is 696. The quantitative estimate of drug-likeness (QED) is 0.916. The fourth-order valence-corrected chi connectivity index (χ4v) is 2.78. The largest absolute Gasteiger partial charge is 0.348 e. The van der Waals surface area contributed by atoms with Gasteiger partial charge in [-0.25, -0.2) is 0 Å². The van der Waals surface area contributed by atoms with Gasteiger partial charge in [-0.1, -0.05) is 6.07 Å². The molecule has 6 heteroatoms. The Morgan fingerprint density at radius 3 is 2.96 bits per heavy atom. The maximum absolute atomic E-state index is 12.4. The molecular formula is C17H20N4O2. The number of hydrogen-bond acceptors (Lipinski definition) is 3. The van der Waals surface area contributed by atoms with Crippen LogP contribution in [0.4, 0.5) is 5.69 Å². The van der Waals surface area contributed by atoms with Crippen LogP contribution in [0.2, 0.25) is 0 Å². The number of aromatic nitrogens is 2. The Balaban J connectivity index is 1.66. The molecule has 6 nitrogen and oxygen atoms in total. The first-order valence-electron chi connectivity index (χ1n) is 7.82. The summed E-state index contributed by atoms with van der Waals surface area (Å²) in [5.74, 6) is -0.0206. The number of carbonyl (C=O) groups is 2. The van der Waals surface area contributed by atoms with E-state index in [2.05, 4.69) is 10.4 Å². The standard InChI is InChI=1S/C17H20N4O2/c1-13(12-20-9-4-8-18-20)19-17(23)14-5-2-6-15(11-14)21-10-3-7-16(21)22/h2,4-6,8-9,11,13H,3,7,10,12H2,1H3,(H,19,23). The molecular weight excluding hydrogens is 292 g/mol. The van der Waals surface area contributed by atoms with E-state index in [0.29, 0.717) is 18.5 Å². The Kier molecular flexibility index (Phi) is 4.41. The third kappa shape index (κ3) is 3.59. The molecule has 1 fully saturated rings. The van der Waals surface area contributed by atoms with Crippen LogP contribution < -0.4 is 10.2 Å². The highest BCUT2D eigenvalue weighted by atomic mass is 16.2. The summed E-state index contributed by atoms with van der Waals surface area (Å²) >= 11 is 0. The van der Waals surface area contributed by atoms with Gasteiger partial charge in [0.25, 0.3) is 5.91 Å². The third-order valence-corrected chi connectivity index (χ3v) is 3.89. The van der Waals surface area contributed by atoms with Gasteiger partial charge in [0.05, 0.1) is 6.54 Å². The minimum absolute atomic E-state index is 0.0422. The third-order valence-electron chi connectivity index (χ3n) is 3.89. The topological polar surface area (TPSA) is 67.2 Å². The van der Waals surface area contributed by atoms with E-state index in [4.69, 9.17) is 0 Å². The minimum atomic E-state index is -0.141. The van der Waals surface area contributed by atoms with E-state index >= 15 is 0 Å². The van der Waals surface area contributed by atoms with Gasteiger partial charge >= 0.3 is 0 Å². The molecule has 0 radical (unpaired) electrons. The zero-order valence-electron chi connectivity index (χ0n) is 13.1. The number of nitrogens with zero attached hydrogens (tertiary/aromatic N) is 3. The van der Waals surface area contributed by atoms with E-state index in [1.807, 2.05) is 31.3 Å². The maximum Gasteiger partial charge on any atom is 0.251 e. The van der Waals surface area contributed by atoms with E-state index < -0.39 is 0 Å². The molecule has 1 saturated heterocycles. The lowest BCUT2D eigenvalue weighted by atomic mass is 10.1. The highest BCUT2D eigenvalue weighted by Crippen LogP contribution is 2.22. The van der Waals surface area contributed by atoms with Gasteiger partial charge in [0.15, 0.2) is 0 Å². The average Bonchev–Trinajstić information content (AvgIpc) is 3.19. The molecule has 2 heterocycles. The predicted octanol–water partition coefficient (Wildman–Crippen LogP) is 1.83. The Labute approximate surface area is 135 Å². The van der Waals surface area contributed by atoms with Crippen molar-refractivity contribution in [3.63, 3.8) is 0 Å². The fraction of sp³-hybridized carbons (Fsp3) is 0.353. The maximum atomic E-state index is 12.4. The highest BCUT2D eigenvalue weighted by molar-refractivity contribution is 5.99. The smallest absolute Gasteiger partial charge is 0.251 e. The van der Waals surface area contributed by atoms with Gasteiger partial charge < -0.3 is 10.2 Å². The number of hydrogen-bond donors (Lipinski definition) is 1. The Morgan fingerprint density at radius 2 is 2.26 bits per heavy atom. The second-order valence-electron chi connectivity index (χ2n) is 5.80. The van der Waals surface area contributed by atoms with Crippen molar-refractivity contribution in [3.8, 4) is 0 Å². The summed E-state index contributed by atoms with van der Waals surface area (Å²) in [6, 6.07) is 9.03. The number of benzene rings is 1. The minimum Gasteiger partial charge on any atom is -0.348 e. The number of rotatable bonds is 5. The first-order valence-corrected chi connectivity index (χ1v) is 7.82. The number of carbonyl (C=O) groups excluding carboxylic acids is 2. The molecule has 0 saturated carbocycles. The van der Waals surface area contributed by atoms with Crippen LogP contribution >= 0.6 is 0 Å². The number of nitrogens with one attached hydrogen (secondary N) is 1. The van der Waals surface area contributed by atoms with E-state index in [0.717, 1.165) is 18.7 Å². The second kappa shape index (κ2) is 6.64. The van der Waals surface area contributed by atoms with Crippen LogP contribution in [-0.2, 0) is 11.3 Å². The number of amides is 2. The van der Waals surface area contributed by atoms with Crippen LogP contribution in [0.25, 0.3) is 0 Å². The van der Waals surface area contributed by atoms with Crippen molar-refractivity contribution in [2.24, 2.45) is 0 Å². The van der Waals surface area contributed by atoms with Gasteiger partial charge in [-0.15, -0.1) is 0 Å². The molecule has 1 N–H and O–H groups in total. The van der Waals surface area contributed by atoms with Crippen molar-refractivity contribution in [3.05, 3.63) is 48.3 Å². The lowest BCUT2D eigenvalue weighted by molar-refractivity contribution is -0.117. The molecule has 3 rings (SSSR count). The zero-order valence-corrected chi connectivity index (χ0v) is 13.1. The van der Waals surface area contributed by atoms with Gasteiger partial charge in [-0.3, -0.25) is 14.3 Å². The Hall–Kier alpha value is -2.63. The van der Waals surface area contributed by atoms with Crippen LogP contribution in [0.15, 0.2) is 42.7 Å². The highest BCUT2D eigenvalue weighted by Gasteiger charge is 2.22. The van der Waals surface area contributed by atoms with Crippen molar-refractivity contribution in [1.82, 2.24) is 15.1 Å². The summed E-state index contributed by atoms with van der Waals surface area (Å²) in [4.78, 5) is 26.0. The Morgan fingerprint density at radius 1 is 1.39 bits per heavy atom. The average molecular weight is 312 g/mol. The van der Waals surface area contributed by atoms with Gasteiger partial charge in [0, 0.05) is 42.7 Å². The molecule has 1 aromatic heterocycles. The van der Waals surface area contributed by atoms with Gasteiger partial charge in [-0.2, -0.15) is 5.10 Å². The summed E-state index contributed by atoms with van der Waals surface area (Å²) < 4.78 is 1.78. The van der Waals surface area contributed by atoms with Crippen LogP contribution in [0.1, 0.15) is 30.1 Å². The normalized spacial score (nSPS) is 15.7. The van der Waals surface area contributed by atoms with E-state index in [-0.39, 0.29) is 17.9 Å². The van der Waals surface area contributed by atoms with Crippen molar-refractivity contribution in [1.29, 1.82) is 0 Å². The van der Waals surface area contributed by atoms with Gasteiger partial charge in [0.1, 0.15) is 0 Å². The van der Waals surface area contributed by atoms with E-state index in [9.17, 15) is 9.59 Å².